The van der Waals surface area contributed by atoms with Crippen LogP contribution in [-0.2, 0) is 11.3 Å². The Morgan fingerprint density at radius 3 is 2.30 bits per heavy atom. The number of aromatic nitrogens is 1. The summed E-state index contributed by atoms with van der Waals surface area (Å²) in [6.07, 6.45) is 0. The third kappa shape index (κ3) is 4.65. The van der Waals surface area contributed by atoms with Crippen LogP contribution in [0.4, 0.5) is 5.82 Å². The zero-order chi connectivity index (χ0) is 21.7. The number of carbonyl (C=O) groups excluding carboxylic acids is 1. The first-order valence-corrected chi connectivity index (χ1v) is 9.30. The van der Waals surface area contributed by atoms with Crippen molar-refractivity contribution in [2.75, 3.05) is 33.3 Å². The minimum absolute atomic E-state index is 0.206. The molecule has 8 nitrogen and oxygen atoms in total. The zero-order valence-corrected chi connectivity index (χ0v) is 17.4. The molecule has 1 aromatic heterocycles. The number of benzene rings is 2. The Morgan fingerprint density at radius 1 is 0.967 bits per heavy atom. The molecule has 0 aliphatic rings. The van der Waals surface area contributed by atoms with E-state index in [2.05, 4.69) is 10.3 Å². The Balaban J connectivity index is 1.80. The normalized spacial score (nSPS) is 10.5. The van der Waals surface area contributed by atoms with Crippen LogP contribution in [0.3, 0.4) is 0 Å². The molecule has 0 saturated heterocycles. The molecule has 1 amide bonds. The number of anilines is 1. The van der Waals surface area contributed by atoms with Gasteiger partial charge in [0.25, 0.3) is 5.91 Å². The SMILES string of the molecule is COc1cc2cc(NCc3ccc(OCC(N)=O)c(OC)c3)nc(C)c2cc1OC. The summed E-state index contributed by atoms with van der Waals surface area (Å²) in [5.41, 5.74) is 6.96. The molecule has 158 valence electrons. The predicted octanol–water partition coefficient (Wildman–Crippen LogP) is 3.05. The summed E-state index contributed by atoms with van der Waals surface area (Å²) in [6.45, 7) is 2.27. The van der Waals surface area contributed by atoms with Crippen molar-refractivity contribution in [1.29, 1.82) is 0 Å². The number of hydrogen-bond donors (Lipinski definition) is 2. The molecule has 0 aliphatic carbocycles. The second-order valence-electron chi connectivity index (χ2n) is 6.61. The highest BCUT2D eigenvalue weighted by Gasteiger charge is 2.11. The van der Waals surface area contributed by atoms with E-state index in [4.69, 9.17) is 24.7 Å². The molecule has 30 heavy (non-hydrogen) atoms. The number of primary amides is 1. The molecule has 0 bridgehead atoms. The molecule has 0 aliphatic heterocycles. The van der Waals surface area contributed by atoms with Crippen LogP contribution in [0.1, 0.15) is 11.3 Å². The first-order chi connectivity index (χ1) is 14.4. The lowest BCUT2D eigenvalue weighted by molar-refractivity contribution is -0.119. The molecule has 3 aromatic rings. The summed E-state index contributed by atoms with van der Waals surface area (Å²) in [5.74, 6) is 2.50. The molecular weight excluding hydrogens is 386 g/mol. The van der Waals surface area contributed by atoms with Gasteiger partial charge < -0.3 is 30.0 Å². The van der Waals surface area contributed by atoms with Gasteiger partial charge in [-0.25, -0.2) is 4.98 Å². The Kier molecular flexibility index (Phi) is 6.46. The average Bonchev–Trinajstić information content (AvgIpc) is 2.75. The molecule has 1 heterocycles. The Hall–Kier alpha value is -3.68. The smallest absolute Gasteiger partial charge is 0.255 e. The van der Waals surface area contributed by atoms with Crippen molar-refractivity contribution in [2.24, 2.45) is 5.73 Å². The van der Waals surface area contributed by atoms with Crippen molar-refractivity contribution in [1.82, 2.24) is 4.98 Å². The highest BCUT2D eigenvalue weighted by atomic mass is 16.5. The standard InChI is InChI=1S/C22H25N3O5/c1-13-16-10-20(29-4)19(28-3)8-15(16)9-22(25-13)24-11-14-5-6-17(18(7-14)27-2)30-12-21(23)26/h5-10H,11-12H2,1-4H3,(H2,23,26)(H,24,25). The highest BCUT2D eigenvalue weighted by molar-refractivity contribution is 5.89. The van der Waals surface area contributed by atoms with E-state index in [1.807, 2.05) is 37.3 Å². The molecular formula is C22H25N3O5. The number of pyridine rings is 1. The lowest BCUT2D eigenvalue weighted by atomic mass is 10.1. The summed E-state index contributed by atoms with van der Waals surface area (Å²) >= 11 is 0. The Labute approximate surface area is 174 Å². The number of nitrogens with zero attached hydrogens (tertiary/aromatic N) is 1. The molecule has 0 radical (unpaired) electrons. The summed E-state index contributed by atoms with van der Waals surface area (Å²) in [6, 6.07) is 11.3. The Bertz CT molecular complexity index is 1070. The molecule has 0 unspecified atom stereocenters. The number of methoxy groups -OCH3 is 3. The van der Waals surface area contributed by atoms with E-state index >= 15 is 0 Å². The van der Waals surface area contributed by atoms with Gasteiger partial charge in [0.1, 0.15) is 5.82 Å². The average molecular weight is 411 g/mol. The van der Waals surface area contributed by atoms with E-state index in [0.29, 0.717) is 29.5 Å². The lowest BCUT2D eigenvalue weighted by Crippen LogP contribution is -2.20. The number of hydrogen-bond acceptors (Lipinski definition) is 7. The maximum Gasteiger partial charge on any atom is 0.255 e. The minimum atomic E-state index is -0.546. The largest absolute Gasteiger partial charge is 0.493 e. The van der Waals surface area contributed by atoms with Gasteiger partial charge >= 0.3 is 0 Å². The van der Waals surface area contributed by atoms with Gasteiger partial charge in [-0.3, -0.25) is 4.79 Å². The molecule has 8 heteroatoms. The van der Waals surface area contributed by atoms with Gasteiger partial charge in [0.05, 0.1) is 21.3 Å². The molecule has 3 rings (SSSR count). The molecule has 0 atom stereocenters. The van der Waals surface area contributed by atoms with Gasteiger partial charge in [-0.15, -0.1) is 0 Å². The van der Waals surface area contributed by atoms with Gasteiger partial charge in [-0.2, -0.15) is 0 Å². The first kappa shape index (κ1) is 21.0. The van der Waals surface area contributed by atoms with E-state index in [0.717, 1.165) is 27.8 Å². The fourth-order valence-electron chi connectivity index (χ4n) is 3.12. The van der Waals surface area contributed by atoms with Crippen LogP contribution in [0.25, 0.3) is 10.8 Å². The number of rotatable bonds is 9. The van der Waals surface area contributed by atoms with Crippen molar-refractivity contribution in [2.45, 2.75) is 13.5 Å². The maximum absolute atomic E-state index is 10.9. The van der Waals surface area contributed by atoms with Gasteiger partial charge in [0.2, 0.25) is 0 Å². The summed E-state index contributed by atoms with van der Waals surface area (Å²) < 4.78 is 21.5. The monoisotopic (exact) mass is 411 g/mol. The summed E-state index contributed by atoms with van der Waals surface area (Å²) in [5, 5.41) is 5.32. The van der Waals surface area contributed by atoms with Gasteiger partial charge in [-0.05, 0) is 48.2 Å². The molecule has 0 spiro atoms. The maximum atomic E-state index is 10.9. The molecule has 0 saturated carbocycles. The minimum Gasteiger partial charge on any atom is -0.493 e. The van der Waals surface area contributed by atoms with E-state index in [1.165, 1.54) is 0 Å². The number of aryl methyl sites for hydroxylation is 1. The van der Waals surface area contributed by atoms with Crippen LogP contribution in [-0.4, -0.2) is 38.8 Å². The van der Waals surface area contributed by atoms with Crippen LogP contribution in [0.2, 0.25) is 0 Å². The quantitative estimate of drug-likeness (QED) is 0.557. The van der Waals surface area contributed by atoms with Crippen LogP contribution < -0.4 is 30.0 Å². The first-order valence-electron chi connectivity index (χ1n) is 9.30. The van der Waals surface area contributed by atoms with Crippen molar-refractivity contribution < 1.29 is 23.7 Å². The van der Waals surface area contributed by atoms with Gasteiger partial charge in [-0.1, -0.05) is 6.07 Å². The molecule has 0 fully saturated rings. The fraction of sp³-hybridized carbons (Fsp3) is 0.273. The van der Waals surface area contributed by atoms with E-state index in [1.54, 1.807) is 27.4 Å². The second-order valence-corrected chi connectivity index (χ2v) is 6.61. The van der Waals surface area contributed by atoms with Crippen molar-refractivity contribution in [3.8, 4) is 23.0 Å². The van der Waals surface area contributed by atoms with Crippen molar-refractivity contribution in [3.63, 3.8) is 0 Å². The summed E-state index contributed by atoms with van der Waals surface area (Å²) in [4.78, 5) is 15.6. The van der Waals surface area contributed by atoms with E-state index in [-0.39, 0.29) is 6.61 Å². The highest BCUT2D eigenvalue weighted by Crippen LogP contribution is 2.34. The lowest BCUT2D eigenvalue weighted by Gasteiger charge is -2.14. The van der Waals surface area contributed by atoms with E-state index in [9.17, 15) is 4.79 Å². The Morgan fingerprint density at radius 2 is 1.63 bits per heavy atom. The molecule has 3 N–H and O–H groups in total. The fourth-order valence-corrected chi connectivity index (χ4v) is 3.12. The van der Waals surface area contributed by atoms with Crippen LogP contribution in [0.5, 0.6) is 23.0 Å². The number of nitrogens with one attached hydrogen (secondary N) is 1. The third-order valence-electron chi connectivity index (χ3n) is 4.60. The van der Waals surface area contributed by atoms with E-state index < -0.39 is 5.91 Å². The second kappa shape index (κ2) is 9.21. The topological polar surface area (TPSA) is 105 Å². The van der Waals surface area contributed by atoms with Crippen LogP contribution in [0.15, 0.2) is 36.4 Å². The van der Waals surface area contributed by atoms with Gasteiger partial charge in [0.15, 0.2) is 29.6 Å². The predicted molar refractivity (Wildman–Crippen MR) is 115 cm³/mol. The third-order valence-corrected chi connectivity index (χ3v) is 4.60. The number of ether oxygens (including phenoxy) is 4. The number of carbonyl (C=O) groups is 1. The zero-order valence-electron chi connectivity index (χ0n) is 17.4. The van der Waals surface area contributed by atoms with Crippen molar-refractivity contribution in [3.05, 3.63) is 47.7 Å². The van der Waals surface area contributed by atoms with Gasteiger partial charge in [0, 0.05) is 17.6 Å². The van der Waals surface area contributed by atoms with Crippen molar-refractivity contribution >= 4 is 22.5 Å². The van der Waals surface area contributed by atoms with Crippen LogP contribution in [0, 0.1) is 6.92 Å². The number of fused-ring (bicyclic) bond motifs is 1. The number of nitrogens with two attached hydrogens (primary N) is 1. The number of amides is 1. The summed E-state index contributed by atoms with van der Waals surface area (Å²) in [7, 11) is 4.77. The molecule has 2 aromatic carbocycles. The van der Waals surface area contributed by atoms with Crippen LogP contribution >= 0.6 is 0 Å².